The van der Waals surface area contributed by atoms with Gasteiger partial charge in [-0.2, -0.15) is 5.10 Å². The van der Waals surface area contributed by atoms with E-state index in [9.17, 15) is 0 Å². The molecule has 100 valence electrons. The Morgan fingerprint density at radius 2 is 2.26 bits per heavy atom. The van der Waals surface area contributed by atoms with Crippen LogP contribution in [-0.2, 0) is 19.5 Å². The number of nitrogens with one attached hydrogen (secondary N) is 2. The lowest BCUT2D eigenvalue weighted by atomic mass is 10.0. The zero-order valence-electron chi connectivity index (χ0n) is 11.2. The summed E-state index contributed by atoms with van der Waals surface area (Å²) in [6.45, 7) is 5.75. The Bertz CT molecular complexity index is 563. The van der Waals surface area contributed by atoms with E-state index >= 15 is 0 Å². The van der Waals surface area contributed by atoms with Crippen LogP contribution < -0.4 is 10.1 Å². The fraction of sp³-hybridized carbons (Fsp3) is 0.429. The highest BCUT2D eigenvalue weighted by Crippen LogP contribution is 2.35. The smallest absolute Gasteiger partial charge is 0.138 e. The minimum Gasteiger partial charge on any atom is -0.487 e. The Kier molecular flexibility index (Phi) is 2.98. The van der Waals surface area contributed by atoms with Crippen LogP contribution in [0.15, 0.2) is 24.5 Å². The van der Waals surface area contributed by atoms with Gasteiger partial charge in [0.15, 0.2) is 0 Å². The maximum absolute atomic E-state index is 5.87. The third-order valence-corrected chi connectivity index (χ3v) is 3.21. The minimum atomic E-state index is -0.0752. The van der Waals surface area contributed by atoms with Crippen LogP contribution in [0.2, 0.25) is 0 Å². The molecule has 0 unspecified atom stereocenters. The standard InChI is InChI=1S/C14H18N4O/c1-14(2)6-11-5-10(3-4-12(11)19-14)7-15-8-13-16-9-17-18-13/h3-5,9,15H,6-8H2,1-2H3,(H,16,17,18). The average molecular weight is 258 g/mol. The molecule has 0 spiro atoms. The van der Waals surface area contributed by atoms with Gasteiger partial charge in [-0.25, -0.2) is 4.98 Å². The van der Waals surface area contributed by atoms with Crippen LogP contribution >= 0.6 is 0 Å². The lowest BCUT2D eigenvalue weighted by Crippen LogP contribution is -2.24. The van der Waals surface area contributed by atoms with Crippen molar-refractivity contribution < 1.29 is 4.74 Å². The lowest BCUT2D eigenvalue weighted by molar-refractivity contribution is 0.138. The number of rotatable bonds is 4. The number of aromatic amines is 1. The highest BCUT2D eigenvalue weighted by molar-refractivity contribution is 5.41. The quantitative estimate of drug-likeness (QED) is 0.878. The van der Waals surface area contributed by atoms with Crippen molar-refractivity contribution in [1.29, 1.82) is 0 Å². The molecule has 2 aromatic rings. The second-order valence-corrected chi connectivity index (χ2v) is 5.52. The molecule has 5 heteroatoms. The van der Waals surface area contributed by atoms with E-state index in [2.05, 4.69) is 52.5 Å². The van der Waals surface area contributed by atoms with Crippen LogP contribution in [0.25, 0.3) is 0 Å². The monoisotopic (exact) mass is 258 g/mol. The summed E-state index contributed by atoms with van der Waals surface area (Å²) in [7, 11) is 0. The van der Waals surface area contributed by atoms with Crippen LogP contribution in [0, 0.1) is 0 Å². The molecule has 3 rings (SSSR count). The van der Waals surface area contributed by atoms with Crippen LogP contribution in [0.5, 0.6) is 5.75 Å². The van der Waals surface area contributed by atoms with E-state index in [0.29, 0.717) is 6.54 Å². The summed E-state index contributed by atoms with van der Waals surface area (Å²) in [5.41, 5.74) is 2.48. The number of nitrogens with zero attached hydrogens (tertiary/aromatic N) is 2. The maximum atomic E-state index is 5.87. The van der Waals surface area contributed by atoms with Gasteiger partial charge in [-0.3, -0.25) is 5.10 Å². The number of benzene rings is 1. The Morgan fingerprint density at radius 1 is 1.37 bits per heavy atom. The molecule has 1 aromatic carbocycles. The first-order chi connectivity index (χ1) is 9.12. The molecule has 0 saturated carbocycles. The molecular weight excluding hydrogens is 240 g/mol. The number of hydrogen-bond acceptors (Lipinski definition) is 4. The Balaban J connectivity index is 1.61. The van der Waals surface area contributed by atoms with Gasteiger partial charge in [0.05, 0.1) is 6.54 Å². The first kappa shape index (κ1) is 12.2. The summed E-state index contributed by atoms with van der Waals surface area (Å²) in [6.07, 6.45) is 2.49. The van der Waals surface area contributed by atoms with Gasteiger partial charge in [0.2, 0.25) is 0 Å². The van der Waals surface area contributed by atoms with Crippen molar-refractivity contribution in [2.75, 3.05) is 0 Å². The molecule has 19 heavy (non-hydrogen) atoms. The molecule has 0 saturated heterocycles. The first-order valence-electron chi connectivity index (χ1n) is 6.48. The molecule has 0 fully saturated rings. The van der Waals surface area contributed by atoms with E-state index in [-0.39, 0.29) is 5.60 Å². The minimum absolute atomic E-state index is 0.0752. The summed E-state index contributed by atoms with van der Waals surface area (Å²) < 4.78 is 5.87. The van der Waals surface area contributed by atoms with Crippen molar-refractivity contribution in [1.82, 2.24) is 20.5 Å². The first-order valence-corrected chi connectivity index (χ1v) is 6.48. The van der Waals surface area contributed by atoms with E-state index < -0.39 is 0 Å². The number of H-pyrrole nitrogens is 1. The molecule has 1 aliphatic rings. The average Bonchev–Trinajstić information content (AvgIpc) is 2.94. The molecule has 0 atom stereocenters. The van der Waals surface area contributed by atoms with Crippen molar-refractivity contribution in [3.8, 4) is 5.75 Å². The number of aromatic nitrogens is 3. The Labute approximate surface area is 112 Å². The van der Waals surface area contributed by atoms with Gasteiger partial charge in [0.1, 0.15) is 23.5 Å². The summed E-state index contributed by atoms with van der Waals surface area (Å²) >= 11 is 0. The molecule has 0 radical (unpaired) electrons. The van der Waals surface area contributed by atoms with E-state index in [0.717, 1.165) is 24.5 Å². The van der Waals surface area contributed by atoms with Crippen molar-refractivity contribution in [2.45, 2.75) is 39.0 Å². The molecule has 2 heterocycles. The van der Waals surface area contributed by atoms with Gasteiger partial charge in [0.25, 0.3) is 0 Å². The van der Waals surface area contributed by atoms with Crippen molar-refractivity contribution in [3.05, 3.63) is 41.5 Å². The van der Waals surface area contributed by atoms with Gasteiger partial charge in [-0.05, 0) is 31.0 Å². The van der Waals surface area contributed by atoms with E-state index in [1.54, 1.807) is 0 Å². The van der Waals surface area contributed by atoms with Crippen LogP contribution in [0.4, 0.5) is 0 Å². The van der Waals surface area contributed by atoms with Crippen molar-refractivity contribution in [2.24, 2.45) is 0 Å². The number of ether oxygens (including phenoxy) is 1. The molecule has 1 aliphatic heterocycles. The SMILES string of the molecule is CC1(C)Cc2cc(CNCc3ncn[nH]3)ccc2O1. The van der Waals surface area contributed by atoms with Crippen LogP contribution in [0.3, 0.4) is 0 Å². The van der Waals surface area contributed by atoms with Crippen LogP contribution in [-0.4, -0.2) is 20.8 Å². The second-order valence-electron chi connectivity index (χ2n) is 5.52. The zero-order chi connectivity index (χ0) is 13.3. The Hall–Kier alpha value is -1.88. The fourth-order valence-electron chi connectivity index (χ4n) is 2.41. The largest absolute Gasteiger partial charge is 0.487 e. The van der Waals surface area contributed by atoms with Gasteiger partial charge < -0.3 is 10.1 Å². The predicted molar refractivity (Wildman–Crippen MR) is 71.8 cm³/mol. The number of hydrogen-bond donors (Lipinski definition) is 2. The summed E-state index contributed by atoms with van der Waals surface area (Å²) in [4.78, 5) is 4.08. The third kappa shape index (κ3) is 2.76. The van der Waals surface area contributed by atoms with Gasteiger partial charge in [0, 0.05) is 13.0 Å². The van der Waals surface area contributed by atoms with Crippen LogP contribution in [0.1, 0.15) is 30.8 Å². The highest BCUT2D eigenvalue weighted by Gasteiger charge is 2.29. The third-order valence-electron chi connectivity index (χ3n) is 3.21. The van der Waals surface area contributed by atoms with E-state index in [1.165, 1.54) is 17.5 Å². The van der Waals surface area contributed by atoms with Gasteiger partial charge in [-0.15, -0.1) is 0 Å². The molecular formula is C14H18N4O. The molecule has 0 amide bonds. The van der Waals surface area contributed by atoms with Crippen molar-refractivity contribution >= 4 is 0 Å². The van der Waals surface area contributed by atoms with Crippen molar-refractivity contribution in [3.63, 3.8) is 0 Å². The lowest BCUT2D eigenvalue weighted by Gasteiger charge is -2.16. The molecule has 1 aromatic heterocycles. The summed E-state index contributed by atoms with van der Waals surface area (Å²) in [5.74, 6) is 1.87. The molecule has 2 N–H and O–H groups in total. The predicted octanol–water partition coefficient (Wildman–Crippen LogP) is 1.81. The van der Waals surface area contributed by atoms with E-state index in [1.807, 2.05) is 0 Å². The maximum Gasteiger partial charge on any atom is 0.138 e. The van der Waals surface area contributed by atoms with Gasteiger partial charge >= 0.3 is 0 Å². The molecule has 5 nitrogen and oxygen atoms in total. The van der Waals surface area contributed by atoms with E-state index in [4.69, 9.17) is 4.74 Å². The fourth-order valence-corrected chi connectivity index (χ4v) is 2.41. The highest BCUT2D eigenvalue weighted by atomic mass is 16.5. The molecule has 0 bridgehead atoms. The Morgan fingerprint density at radius 3 is 3.05 bits per heavy atom. The number of fused-ring (bicyclic) bond motifs is 1. The second kappa shape index (κ2) is 4.66. The molecule has 0 aliphatic carbocycles. The zero-order valence-corrected chi connectivity index (χ0v) is 11.2. The van der Waals surface area contributed by atoms with Gasteiger partial charge in [-0.1, -0.05) is 12.1 Å². The topological polar surface area (TPSA) is 62.8 Å². The normalized spacial score (nSPS) is 16.1. The summed E-state index contributed by atoms with van der Waals surface area (Å²) in [5, 5.41) is 9.99. The summed E-state index contributed by atoms with van der Waals surface area (Å²) in [6, 6.07) is 6.39.